The predicted molar refractivity (Wildman–Crippen MR) is 131 cm³/mol. The van der Waals surface area contributed by atoms with Crippen LogP contribution in [0.2, 0.25) is 0 Å². The third-order valence-electron chi connectivity index (χ3n) is 7.47. The van der Waals surface area contributed by atoms with E-state index in [1.54, 1.807) is 38.1 Å². The molecule has 0 radical (unpaired) electrons. The highest BCUT2D eigenvalue weighted by atomic mass is 19.4. The number of nitrogens with zero attached hydrogens (tertiary/aromatic N) is 1. The average molecular weight is 546 g/mol. The third-order valence-corrected chi connectivity index (χ3v) is 7.47. The van der Waals surface area contributed by atoms with Crippen molar-refractivity contribution in [3.05, 3.63) is 41.5 Å². The monoisotopic (exact) mass is 545 g/mol. The molecule has 1 heterocycles. The summed E-state index contributed by atoms with van der Waals surface area (Å²) in [5.41, 5.74) is -0.400. The van der Waals surface area contributed by atoms with Crippen LogP contribution in [0.15, 0.2) is 30.3 Å². The maximum absolute atomic E-state index is 14.5. The van der Waals surface area contributed by atoms with Crippen molar-refractivity contribution in [1.29, 1.82) is 0 Å². The summed E-state index contributed by atoms with van der Waals surface area (Å²) in [5.74, 6) is -2.25. The predicted octanol–water partition coefficient (Wildman–Crippen LogP) is 7.52. The molecular formula is C28H33F6NO3. The molecule has 1 saturated carbocycles. The molecule has 0 aromatic heterocycles. The van der Waals surface area contributed by atoms with E-state index in [9.17, 15) is 31.1 Å². The molecule has 10 heteroatoms. The van der Waals surface area contributed by atoms with Gasteiger partial charge in [-0.05, 0) is 82.5 Å². The van der Waals surface area contributed by atoms with Gasteiger partial charge in [-0.15, -0.1) is 0 Å². The van der Waals surface area contributed by atoms with E-state index in [2.05, 4.69) is 0 Å². The standard InChI is InChI=1S/C28H33F6NO3/c1-17(2)37-26(36)19-12-14-35(15-13-19)16-20-5-3-4-18-6-11-23(25(24(18)20)28(32,33)34)38-22-9-7-21(8-10-22)27(29,30)31/h3-6,11,17,19,21-22H,7-10,12-16H2,1-2H3. The summed E-state index contributed by atoms with van der Waals surface area (Å²) < 4.78 is 93.5. The number of fused-ring (bicyclic) bond motifs is 1. The van der Waals surface area contributed by atoms with Crippen LogP contribution in [0.1, 0.15) is 63.5 Å². The maximum atomic E-state index is 14.5. The van der Waals surface area contributed by atoms with Gasteiger partial charge in [0.2, 0.25) is 0 Å². The number of likely N-dealkylation sites (tertiary alicyclic amines) is 1. The van der Waals surface area contributed by atoms with Crippen molar-refractivity contribution < 1.29 is 40.6 Å². The molecule has 2 aromatic carbocycles. The first-order valence-corrected chi connectivity index (χ1v) is 13.1. The Balaban J connectivity index is 1.55. The van der Waals surface area contributed by atoms with Crippen molar-refractivity contribution in [3.63, 3.8) is 0 Å². The van der Waals surface area contributed by atoms with Crippen LogP contribution < -0.4 is 4.74 Å². The molecule has 2 aliphatic rings. The fourth-order valence-electron chi connectivity index (χ4n) is 5.53. The van der Waals surface area contributed by atoms with Crippen molar-refractivity contribution in [2.24, 2.45) is 11.8 Å². The van der Waals surface area contributed by atoms with Crippen LogP contribution in [0, 0.1) is 11.8 Å². The van der Waals surface area contributed by atoms with Gasteiger partial charge in [0.15, 0.2) is 0 Å². The molecule has 2 aromatic rings. The van der Waals surface area contributed by atoms with Gasteiger partial charge in [-0.3, -0.25) is 9.69 Å². The summed E-state index contributed by atoms with van der Waals surface area (Å²) in [7, 11) is 0. The van der Waals surface area contributed by atoms with E-state index in [0.29, 0.717) is 36.9 Å². The van der Waals surface area contributed by atoms with Crippen LogP contribution in [0.5, 0.6) is 5.75 Å². The second-order valence-corrected chi connectivity index (χ2v) is 10.6. The molecule has 2 fully saturated rings. The minimum Gasteiger partial charge on any atom is -0.490 e. The number of ether oxygens (including phenoxy) is 2. The average Bonchev–Trinajstić information content (AvgIpc) is 2.83. The molecular weight excluding hydrogens is 512 g/mol. The first kappa shape index (κ1) is 28.5. The van der Waals surface area contributed by atoms with E-state index in [1.807, 2.05) is 4.90 Å². The van der Waals surface area contributed by atoms with Crippen LogP contribution >= 0.6 is 0 Å². The van der Waals surface area contributed by atoms with Crippen LogP contribution in [-0.4, -0.2) is 42.3 Å². The Labute approximate surface area is 218 Å². The quantitative estimate of drug-likeness (QED) is 0.278. The van der Waals surface area contributed by atoms with Gasteiger partial charge in [0.1, 0.15) is 11.3 Å². The summed E-state index contributed by atoms with van der Waals surface area (Å²) in [6.07, 6.45) is -9.01. The molecule has 0 amide bonds. The van der Waals surface area contributed by atoms with Gasteiger partial charge in [0.05, 0.1) is 24.0 Å². The molecule has 0 atom stereocenters. The van der Waals surface area contributed by atoms with Gasteiger partial charge >= 0.3 is 18.3 Å². The molecule has 0 bridgehead atoms. The van der Waals surface area contributed by atoms with Crippen molar-refractivity contribution in [3.8, 4) is 5.75 Å². The number of alkyl halides is 6. The Morgan fingerprint density at radius 1 is 0.947 bits per heavy atom. The lowest BCUT2D eigenvalue weighted by molar-refractivity contribution is -0.185. The highest BCUT2D eigenvalue weighted by Crippen LogP contribution is 2.45. The lowest BCUT2D eigenvalue weighted by Gasteiger charge is -2.32. The van der Waals surface area contributed by atoms with E-state index >= 15 is 0 Å². The Kier molecular flexibility index (Phi) is 8.49. The Bertz CT molecular complexity index is 1110. The normalized spacial score (nSPS) is 22.1. The van der Waals surface area contributed by atoms with Crippen LogP contribution in [0.4, 0.5) is 26.3 Å². The van der Waals surface area contributed by atoms with E-state index in [0.717, 1.165) is 0 Å². The number of carbonyl (C=O) groups is 1. The SMILES string of the molecule is CC(C)OC(=O)C1CCN(Cc2cccc3ccc(OC4CCC(C(F)(F)F)CC4)c(C(F)(F)F)c23)CC1. The van der Waals surface area contributed by atoms with Gasteiger partial charge < -0.3 is 9.47 Å². The lowest BCUT2D eigenvalue weighted by Crippen LogP contribution is -2.37. The Morgan fingerprint density at radius 3 is 2.18 bits per heavy atom. The number of esters is 1. The molecule has 1 aliphatic heterocycles. The van der Waals surface area contributed by atoms with Crippen molar-refractivity contribution in [1.82, 2.24) is 4.90 Å². The van der Waals surface area contributed by atoms with Crippen LogP contribution in [0.25, 0.3) is 10.8 Å². The first-order chi connectivity index (χ1) is 17.8. The van der Waals surface area contributed by atoms with Gasteiger partial charge in [-0.25, -0.2) is 0 Å². The molecule has 4 nitrogen and oxygen atoms in total. The zero-order chi connectivity index (χ0) is 27.7. The zero-order valence-electron chi connectivity index (χ0n) is 21.5. The number of carbonyl (C=O) groups excluding carboxylic acids is 1. The van der Waals surface area contributed by atoms with E-state index < -0.39 is 29.9 Å². The molecule has 4 rings (SSSR count). The molecule has 0 spiro atoms. The van der Waals surface area contributed by atoms with Gasteiger partial charge in [0, 0.05) is 11.9 Å². The second kappa shape index (κ2) is 11.3. The van der Waals surface area contributed by atoms with E-state index in [4.69, 9.17) is 9.47 Å². The summed E-state index contributed by atoms with van der Waals surface area (Å²) in [4.78, 5) is 14.3. The summed E-state index contributed by atoms with van der Waals surface area (Å²) in [6, 6.07) is 7.83. The molecule has 1 saturated heterocycles. The van der Waals surface area contributed by atoms with Crippen molar-refractivity contribution >= 4 is 16.7 Å². The van der Waals surface area contributed by atoms with Crippen LogP contribution in [-0.2, 0) is 22.3 Å². The number of hydrogen-bond donors (Lipinski definition) is 0. The molecule has 0 N–H and O–H groups in total. The number of rotatable bonds is 6. The molecule has 1 aliphatic carbocycles. The van der Waals surface area contributed by atoms with Crippen molar-refractivity contribution in [2.75, 3.05) is 13.1 Å². The fraction of sp³-hybridized carbons (Fsp3) is 0.607. The minimum atomic E-state index is -4.72. The van der Waals surface area contributed by atoms with E-state index in [-0.39, 0.29) is 61.4 Å². The zero-order valence-corrected chi connectivity index (χ0v) is 21.5. The number of hydrogen-bond acceptors (Lipinski definition) is 4. The lowest BCUT2D eigenvalue weighted by atomic mass is 9.87. The van der Waals surface area contributed by atoms with Gasteiger partial charge in [-0.1, -0.05) is 24.3 Å². The largest absolute Gasteiger partial charge is 0.490 e. The first-order valence-electron chi connectivity index (χ1n) is 13.1. The highest BCUT2D eigenvalue weighted by molar-refractivity contribution is 5.91. The number of piperidine rings is 1. The third kappa shape index (κ3) is 6.74. The van der Waals surface area contributed by atoms with Crippen molar-refractivity contribution in [2.45, 2.75) is 83.5 Å². The maximum Gasteiger partial charge on any atom is 0.420 e. The molecule has 0 unspecified atom stereocenters. The summed E-state index contributed by atoms with van der Waals surface area (Å²) >= 11 is 0. The summed E-state index contributed by atoms with van der Waals surface area (Å²) in [6.45, 7) is 4.95. The van der Waals surface area contributed by atoms with Gasteiger partial charge in [-0.2, -0.15) is 26.3 Å². The Hall–Kier alpha value is -2.49. The second-order valence-electron chi connectivity index (χ2n) is 10.6. The summed E-state index contributed by atoms with van der Waals surface area (Å²) in [5, 5.41) is 0.459. The topological polar surface area (TPSA) is 38.8 Å². The number of benzene rings is 2. The van der Waals surface area contributed by atoms with Crippen LogP contribution in [0.3, 0.4) is 0 Å². The fourth-order valence-corrected chi connectivity index (χ4v) is 5.53. The highest BCUT2D eigenvalue weighted by Gasteiger charge is 2.43. The smallest absolute Gasteiger partial charge is 0.420 e. The van der Waals surface area contributed by atoms with E-state index in [1.165, 1.54) is 6.07 Å². The number of halogens is 6. The minimum absolute atomic E-state index is 0.0443. The molecule has 210 valence electrons. The van der Waals surface area contributed by atoms with Gasteiger partial charge in [0.25, 0.3) is 0 Å². The Morgan fingerprint density at radius 2 is 1.61 bits per heavy atom. The molecule has 38 heavy (non-hydrogen) atoms.